The van der Waals surface area contributed by atoms with Crippen LogP contribution in [0.4, 0.5) is 20.2 Å². The van der Waals surface area contributed by atoms with Gasteiger partial charge in [-0.2, -0.15) is 8.78 Å². The van der Waals surface area contributed by atoms with E-state index in [1.165, 1.54) is 6.92 Å². The van der Waals surface area contributed by atoms with Gasteiger partial charge in [-0.25, -0.2) is 4.98 Å². The van der Waals surface area contributed by atoms with Crippen molar-refractivity contribution in [2.45, 2.75) is 19.9 Å². The number of imidazole rings is 1. The Morgan fingerprint density at radius 3 is 2.19 bits per heavy atom. The third-order valence-corrected chi connectivity index (χ3v) is 4.86. The number of hydrogen-bond acceptors (Lipinski definition) is 3. The molecule has 0 atom stereocenters. The van der Waals surface area contributed by atoms with Gasteiger partial charge in [0, 0.05) is 23.9 Å². The van der Waals surface area contributed by atoms with Crippen molar-refractivity contribution in [2.75, 3.05) is 10.6 Å². The van der Waals surface area contributed by atoms with Crippen molar-refractivity contribution >= 4 is 34.2 Å². The van der Waals surface area contributed by atoms with Gasteiger partial charge in [-0.15, -0.1) is 0 Å². The van der Waals surface area contributed by atoms with Crippen molar-refractivity contribution in [1.82, 2.24) is 9.55 Å². The molecule has 2 N–H and O–H groups in total. The maximum Gasteiger partial charge on any atom is 0.320 e. The van der Waals surface area contributed by atoms with Crippen LogP contribution in [0, 0.1) is 0 Å². The van der Waals surface area contributed by atoms with Gasteiger partial charge in [-0.05, 0) is 54.1 Å². The number of carbonyl (C=O) groups is 2. The highest BCUT2D eigenvalue weighted by Crippen LogP contribution is 2.30. The third kappa shape index (κ3) is 4.64. The average Bonchev–Trinajstić information content (AvgIpc) is 3.15. The zero-order valence-electron chi connectivity index (χ0n) is 17.2. The minimum atomic E-state index is -2.73. The number of fused-ring (bicyclic) bond motifs is 1. The van der Waals surface area contributed by atoms with Gasteiger partial charge >= 0.3 is 6.55 Å². The Hall–Kier alpha value is -4.07. The van der Waals surface area contributed by atoms with Crippen LogP contribution in [0.3, 0.4) is 0 Å². The van der Waals surface area contributed by atoms with Crippen LogP contribution in [0.1, 0.15) is 19.0 Å². The van der Waals surface area contributed by atoms with Crippen LogP contribution < -0.4 is 10.6 Å². The Morgan fingerprint density at radius 2 is 1.53 bits per heavy atom. The average molecular weight is 434 g/mol. The fraction of sp³-hybridized carbons (Fsp3) is 0.125. The van der Waals surface area contributed by atoms with E-state index in [-0.39, 0.29) is 24.1 Å². The van der Waals surface area contributed by atoms with Gasteiger partial charge in [-0.3, -0.25) is 14.2 Å². The number of alkyl halides is 2. The molecule has 4 aromatic rings. The molecule has 0 fully saturated rings. The summed E-state index contributed by atoms with van der Waals surface area (Å²) in [6.45, 7) is -1.30. The SMILES string of the molecule is CC(=O)Nc1ccc(CC(=O)Nc2ccc(-c3nc4ccccc4n3C(F)F)cc2)cc1. The second-order valence-corrected chi connectivity index (χ2v) is 7.25. The van der Waals surface area contributed by atoms with Crippen LogP contribution in [-0.4, -0.2) is 21.4 Å². The number of aromatic nitrogens is 2. The predicted octanol–water partition coefficient (Wildman–Crippen LogP) is 5.24. The molecular formula is C24H20F2N4O2. The summed E-state index contributed by atoms with van der Waals surface area (Å²) in [6.07, 6.45) is 0.156. The van der Waals surface area contributed by atoms with Gasteiger partial charge < -0.3 is 10.6 Å². The molecule has 2 amide bonds. The maximum atomic E-state index is 13.7. The van der Waals surface area contributed by atoms with Crippen molar-refractivity contribution in [3.8, 4) is 11.4 Å². The molecule has 0 aliphatic heterocycles. The highest BCUT2D eigenvalue weighted by molar-refractivity contribution is 5.93. The molecule has 1 heterocycles. The van der Waals surface area contributed by atoms with Gasteiger partial charge in [0.25, 0.3) is 0 Å². The highest BCUT2D eigenvalue weighted by atomic mass is 19.3. The van der Waals surface area contributed by atoms with Crippen molar-refractivity contribution in [2.24, 2.45) is 0 Å². The summed E-state index contributed by atoms with van der Waals surface area (Å²) >= 11 is 0. The number of halogens is 2. The smallest absolute Gasteiger partial charge is 0.320 e. The summed E-state index contributed by atoms with van der Waals surface area (Å²) in [7, 11) is 0. The second-order valence-electron chi connectivity index (χ2n) is 7.25. The van der Waals surface area contributed by atoms with Gasteiger partial charge in [-0.1, -0.05) is 24.3 Å². The lowest BCUT2D eigenvalue weighted by atomic mass is 10.1. The molecule has 6 nitrogen and oxygen atoms in total. The van der Waals surface area contributed by atoms with E-state index < -0.39 is 6.55 Å². The topological polar surface area (TPSA) is 76.0 Å². The van der Waals surface area contributed by atoms with Crippen LogP contribution in [0.5, 0.6) is 0 Å². The maximum absolute atomic E-state index is 13.7. The summed E-state index contributed by atoms with van der Waals surface area (Å²) in [6, 6.07) is 20.3. The van der Waals surface area contributed by atoms with Gasteiger partial charge in [0.2, 0.25) is 11.8 Å². The molecule has 0 bridgehead atoms. The molecule has 0 spiro atoms. The molecule has 0 aliphatic carbocycles. The molecule has 0 saturated carbocycles. The Kier molecular flexibility index (Phi) is 5.93. The molecule has 4 rings (SSSR count). The molecule has 162 valence electrons. The van der Waals surface area contributed by atoms with Gasteiger partial charge in [0.05, 0.1) is 17.5 Å². The molecule has 0 radical (unpaired) electrons. The third-order valence-electron chi connectivity index (χ3n) is 4.86. The molecule has 3 aromatic carbocycles. The lowest BCUT2D eigenvalue weighted by Gasteiger charge is -2.09. The molecule has 1 aromatic heterocycles. The van der Waals surface area contributed by atoms with E-state index in [0.717, 1.165) is 10.1 Å². The Bertz CT molecular complexity index is 1270. The molecule has 8 heteroatoms. The summed E-state index contributed by atoms with van der Waals surface area (Å²) in [4.78, 5) is 27.8. The Morgan fingerprint density at radius 1 is 0.906 bits per heavy atom. The van der Waals surface area contributed by atoms with E-state index in [0.29, 0.717) is 28.0 Å². The zero-order chi connectivity index (χ0) is 22.7. The monoisotopic (exact) mass is 434 g/mol. The fourth-order valence-corrected chi connectivity index (χ4v) is 3.45. The van der Waals surface area contributed by atoms with Gasteiger partial charge in [0.15, 0.2) is 0 Å². The first-order chi connectivity index (χ1) is 15.4. The first-order valence-corrected chi connectivity index (χ1v) is 9.92. The van der Waals surface area contributed by atoms with Crippen molar-refractivity contribution in [1.29, 1.82) is 0 Å². The normalized spacial score (nSPS) is 11.0. The molecule has 0 unspecified atom stereocenters. The zero-order valence-corrected chi connectivity index (χ0v) is 17.2. The summed E-state index contributed by atoms with van der Waals surface area (Å²) in [5, 5.41) is 5.47. The van der Waals surface area contributed by atoms with Crippen LogP contribution in [0.25, 0.3) is 22.4 Å². The van der Waals surface area contributed by atoms with E-state index in [2.05, 4.69) is 15.6 Å². The lowest BCUT2D eigenvalue weighted by Crippen LogP contribution is -2.14. The molecule has 0 saturated heterocycles. The number of amides is 2. The van der Waals surface area contributed by atoms with Crippen molar-refractivity contribution in [3.05, 3.63) is 78.4 Å². The van der Waals surface area contributed by atoms with E-state index in [1.54, 1.807) is 72.8 Å². The van der Waals surface area contributed by atoms with E-state index in [1.807, 2.05) is 0 Å². The predicted molar refractivity (Wildman–Crippen MR) is 120 cm³/mol. The first kappa shape index (κ1) is 21.2. The first-order valence-electron chi connectivity index (χ1n) is 9.92. The number of benzene rings is 3. The number of hydrogen-bond donors (Lipinski definition) is 2. The quantitative estimate of drug-likeness (QED) is 0.436. The molecule has 0 aliphatic rings. The minimum Gasteiger partial charge on any atom is -0.326 e. The summed E-state index contributed by atoms with van der Waals surface area (Å²) in [5.41, 5.74) is 3.37. The van der Waals surface area contributed by atoms with E-state index >= 15 is 0 Å². The molecular weight excluding hydrogens is 414 g/mol. The van der Waals surface area contributed by atoms with Crippen LogP contribution in [0.15, 0.2) is 72.8 Å². The summed E-state index contributed by atoms with van der Waals surface area (Å²) < 4.78 is 28.2. The largest absolute Gasteiger partial charge is 0.326 e. The number of nitrogens with zero attached hydrogens (tertiary/aromatic N) is 2. The summed E-state index contributed by atoms with van der Waals surface area (Å²) in [5.74, 6) is -0.216. The van der Waals surface area contributed by atoms with Crippen molar-refractivity contribution < 1.29 is 18.4 Å². The number of rotatable bonds is 6. The lowest BCUT2D eigenvalue weighted by molar-refractivity contribution is -0.116. The minimum absolute atomic E-state index is 0.156. The van der Waals surface area contributed by atoms with Crippen molar-refractivity contribution in [3.63, 3.8) is 0 Å². The Labute approximate surface area is 182 Å². The number of nitrogens with one attached hydrogen (secondary N) is 2. The van der Waals surface area contributed by atoms with Crippen LogP contribution in [-0.2, 0) is 16.0 Å². The number of anilines is 2. The van der Waals surface area contributed by atoms with E-state index in [9.17, 15) is 18.4 Å². The van der Waals surface area contributed by atoms with Gasteiger partial charge in [0.1, 0.15) is 5.82 Å². The second kappa shape index (κ2) is 8.97. The number of carbonyl (C=O) groups excluding carboxylic acids is 2. The standard InChI is InChI=1S/C24H20F2N4O2/c1-15(31)27-18-10-6-16(7-11-18)14-22(32)28-19-12-8-17(9-13-19)23-29-20-4-2-3-5-21(20)30(23)24(25)26/h2-13,24H,14H2,1H3,(H,27,31)(H,28,32). The van der Waals surface area contributed by atoms with Crippen LogP contribution >= 0.6 is 0 Å². The Balaban J connectivity index is 1.46. The number of para-hydroxylation sites is 2. The molecule has 32 heavy (non-hydrogen) atoms. The van der Waals surface area contributed by atoms with Crippen LogP contribution in [0.2, 0.25) is 0 Å². The van der Waals surface area contributed by atoms with E-state index in [4.69, 9.17) is 0 Å². The highest BCUT2D eigenvalue weighted by Gasteiger charge is 2.18. The fourth-order valence-electron chi connectivity index (χ4n) is 3.45.